The number of ether oxygens (including phenoxy) is 1. The number of benzene rings is 1. The highest BCUT2D eigenvalue weighted by Gasteiger charge is 2.22. The van der Waals surface area contributed by atoms with Crippen molar-refractivity contribution >= 4 is 5.91 Å². The first-order valence-electron chi connectivity index (χ1n) is 6.74. The monoisotopic (exact) mass is 279 g/mol. The number of nitrogens with two attached hydrogens (primary N) is 1. The summed E-state index contributed by atoms with van der Waals surface area (Å²) in [5.74, 6) is 0.296. The molecule has 0 radical (unpaired) electrons. The van der Waals surface area contributed by atoms with Crippen LogP contribution < -0.4 is 10.5 Å². The van der Waals surface area contributed by atoms with Crippen molar-refractivity contribution < 1.29 is 14.6 Å². The van der Waals surface area contributed by atoms with Crippen molar-refractivity contribution in [1.82, 2.24) is 9.80 Å². The fraction of sp³-hybridized carbons (Fsp3) is 0.500. The molecule has 6 heteroatoms. The van der Waals surface area contributed by atoms with Gasteiger partial charge in [0.25, 0.3) is 5.91 Å². The molecule has 0 atom stereocenters. The summed E-state index contributed by atoms with van der Waals surface area (Å²) in [6, 6.07) is 4.73. The molecule has 0 unspecified atom stereocenters. The Kier molecular flexibility index (Phi) is 4.81. The van der Waals surface area contributed by atoms with Crippen LogP contribution in [-0.4, -0.2) is 67.2 Å². The van der Waals surface area contributed by atoms with Gasteiger partial charge in [0.2, 0.25) is 0 Å². The number of rotatable bonds is 4. The molecule has 3 N–H and O–H groups in total. The molecule has 20 heavy (non-hydrogen) atoms. The van der Waals surface area contributed by atoms with Gasteiger partial charge >= 0.3 is 0 Å². The van der Waals surface area contributed by atoms with E-state index in [1.807, 2.05) is 0 Å². The van der Waals surface area contributed by atoms with E-state index in [-0.39, 0.29) is 11.7 Å². The van der Waals surface area contributed by atoms with Gasteiger partial charge in [-0.05, 0) is 18.2 Å². The predicted molar refractivity (Wildman–Crippen MR) is 76.1 cm³/mol. The lowest BCUT2D eigenvalue weighted by atomic mass is 10.1. The van der Waals surface area contributed by atoms with E-state index in [4.69, 9.17) is 10.5 Å². The Labute approximate surface area is 118 Å². The van der Waals surface area contributed by atoms with E-state index >= 15 is 0 Å². The van der Waals surface area contributed by atoms with Gasteiger partial charge in [-0.15, -0.1) is 0 Å². The number of hydrogen-bond acceptors (Lipinski definition) is 5. The van der Waals surface area contributed by atoms with Crippen LogP contribution in [0, 0.1) is 0 Å². The third-order valence-corrected chi connectivity index (χ3v) is 3.53. The third-order valence-electron chi connectivity index (χ3n) is 3.53. The number of aromatic hydroxyl groups is 1. The first-order chi connectivity index (χ1) is 9.65. The van der Waals surface area contributed by atoms with Crippen molar-refractivity contribution in [2.75, 3.05) is 46.4 Å². The lowest BCUT2D eigenvalue weighted by molar-refractivity contribution is 0.0640. The van der Waals surface area contributed by atoms with Crippen LogP contribution in [0.15, 0.2) is 18.2 Å². The summed E-state index contributed by atoms with van der Waals surface area (Å²) >= 11 is 0. The number of nitrogens with zero attached hydrogens (tertiary/aromatic N) is 2. The first-order valence-corrected chi connectivity index (χ1v) is 6.74. The Balaban J connectivity index is 2.00. The van der Waals surface area contributed by atoms with Crippen LogP contribution >= 0.6 is 0 Å². The molecule has 1 aliphatic heterocycles. The largest absolute Gasteiger partial charge is 0.504 e. The molecule has 1 aromatic rings. The molecule has 2 rings (SSSR count). The minimum atomic E-state index is -0.0599. The molecule has 1 saturated heterocycles. The van der Waals surface area contributed by atoms with Crippen LogP contribution in [0.4, 0.5) is 0 Å². The van der Waals surface area contributed by atoms with Crippen LogP contribution in [0.25, 0.3) is 0 Å². The highest BCUT2D eigenvalue weighted by Crippen LogP contribution is 2.26. The average Bonchev–Trinajstić information content (AvgIpc) is 2.47. The fourth-order valence-electron chi connectivity index (χ4n) is 2.36. The van der Waals surface area contributed by atoms with Gasteiger partial charge in [0.1, 0.15) is 0 Å². The van der Waals surface area contributed by atoms with Gasteiger partial charge in [0.05, 0.1) is 7.11 Å². The number of phenolic OH excluding ortho intramolecular Hbond substituents is 1. The molecule has 1 aromatic carbocycles. The Bertz CT molecular complexity index is 471. The van der Waals surface area contributed by atoms with E-state index in [0.29, 0.717) is 30.9 Å². The second-order valence-electron chi connectivity index (χ2n) is 4.81. The van der Waals surface area contributed by atoms with E-state index in [9.17, 15) is 9.90 Å². The van der Waals surface area contributed by atoms with Crippen molar-refractivity contribution in [3.05, 3.63) is 23.8 Å². The molecule has 1 aliphatic rings. The Morgan fingerprint density at radius 1 is 1.35 bits per heavy atom. The summed E-state index contributed by atoms with van der Waals surface area (Å²) in [4.78, 5) is 16.4. The number of hydrogen-bond donors (Lipinski definition) is 2. The predicted octanol–water partition coefficient (Wildman–Crippen LogP) is 0.117. The molecule has 0 aliphatic carbocycles. The maximum atomic E-state index is 12.3. The van der Waals surface area contributed by atoms with Crippen molar-refractivity contribution in [1.29, 1.82) is 0 Å². The van der Waals surface area contributed by atoms with E-state index in [2.05, 4.69) is 4.90 Å². The second-order valence-corrected chi connectivity index (χ2v) is 4.81. The lowest BCUT2D eigenvalue weighted by Gasteiger charge is -2.34. The van der Waals surface area contributed by atoms with Gasteiger partial charge in [-0.2, -0.15) is 0 Å². The van der Waals surface area contributed by atoms with E-state index in [1.165, 1.54) is 13.2 Å². The topological polar surface area (TPSA) is 79.0 Å². The molecule has 0 saturated carbocycles. The van der Waals surface area contributed by atoms with Crippen molar-refractivity contribution in [2.45, 2.75) is 0 Å². The smallest absolute Gasteiger partial charge is 0.254 e. The highest BCUT2D eigenvalue weighted by atomic mass is 16.5. The summed E-state index contributed by atoms with van der Waals surface area (Å²) in [5.41, 5.74) is 6.01. The maximum absolute atomic E-state index is 12.3. The van der Waals surface area contributed by atoms with Crippen LogP contribution in [0.3, 0.4) is 0 Å². The molecule has 0 spiro atoms. The molecular formula is C14H21N3O3. The zero-order valence-corrected chi connectivity index (χ0v) is 11.7. The summed E-state index contributed by atoms with van der Waals surface area (Å²) in [5, 5.41) is 9.73. The van der Waals surface area contributed by atoms with Gasteiger partial charge in [0.15, 0.2) is 11.5 Å². The van der Waals surface area contributed by atoms with Crippen LogP contribution in [0.1, 0.15) is 10.4 Å². The van der Waals surface area contributed by atoms with Crippen molar-refractivity contribution in [3.8, 4) is 11.5 Å². The zero-order chi connectivity index (χ0) is 14.5. The molecule has 110 valence electrons. The summed E-state index contributed by atoms with van der Waals surface area (Å²) in [7, 11) is 1.48. The molecule has 0 bridgehead atoms. The molecule has 1 heterocycles. The number of amides is 1. The van der Waals surface area contributed by atoms with Crippen LogP contribution in [0.2, 0.25) is 0 Å². The minimum Gasteiger partial charge on any atom is -0.504 e. The van der Waals surface area contributed by atoms with E-state index < -0.39 is 0 Å². The standard InChI is InChI=1S/C14H21N3O3/c1-20-13-3-2-11(10-12(13)18)14(19)17-8-6-16(5-4-15)7-9-17/h2-3,10,18H,4-9,15H2,1H3. The number of carbonyl (C=O) groups is 1. The van der Waals surface area contributed by atoms with Crippen molar-refractivity contribution in [3.63, 3.8) is 0 Å². The normalized spacial score (nSPS) is 16.2. The average molecular weight is 279 g/mol. The molecule has 6 nitrogen and oxygen atoms in total. The van der Waals surface area contributed by atoms with Crippen LogP contribution in [0.5, 0.6) is 11.5 Å². The molecular weight excluding hydrogens is 258 g/mol. The second kappa shape index (κ2) is 6.58. The van der Waals surface area contributed by atoms with Gasteiger partial charge in [-0.1, -0.05) is 0 Å². The molecule has 1 fully saturated rings. The van der Waals surface area contributed by atoms with E-state index in [0.717, 1.165) is 19.6 Å². The minimum absolute atomic E-state index is 0.0138. The Hall–Kier alpha value is -1.79. The fourth-order valence-corrected chi connectivity index (χ4v) is 2.36. The van der Waals surface area contributed by atoms with Gasteiger partial charge in [0, 0.05) is 44.8 Å². The highest BCUT2D eigenvalue weighted by molar-refractivity contribution is 5.95. The number of methoxy groups -OCH3 is 1. The zero-order valence-electron chi connectivity index (χ0n) is 11.7. The van der Waals surface area contributed by atoms with E-state index in [1.54, 1.807) is 17.0 Å². The summed E-state index contributed by atoms with van der Waals surface area (Å²) < 4.78 is 4.97. The summed E-state index contributed by atoms with van der Waals surface area (Å²) in [6.45, 7) is 4.55. The van der Waals surface area contributed by atoms with Gasteiger partial charge in [-0.25, -0.2) is 0 Å². The SMILES string of the molecule is COc1ccc(C(=O)N2CCN(CCN)CC2)cc1O. The number of piperazine rings is 1. The Morgan fingerprint density at radius 3 is 2.60 bits per heavy atom. The lowest BCUT2D eigenvalue weighted by Crippen LogP contribution is -2.49. The summed E-state index contributed by atoms with van der Waals surface area (Å²) in [6.07, 6.45) is 0. The molecule has 0 aromatic heterocycles. The number of carbonyl (C=O) groups excluding carboxylic acids is 1. The van der Waals surface area contributed by atoms with Crippen molar-refractivity contribution in [2.24, 2.45) is 5.73 Å². The Morgan fingerprint density at radius 2 is 2.05 bits per heavy atom. The maximum Gasteiger partial charge on any atom is 0.254 e. The van der Waals surface area contributed by atoms with Crippen LogP contribution in [-0.2, 0) is 0 Å². The molecule has 1 amide bonds. The van der Waals surface area contributed by atoms with Gasteiger partial charge in [-0.3, -0.25) is 9.69 Å². The number of phenols is 1. The third kappa shape index (κ3) is 3.20. The first kappa shape index (κ1) is 14.6. The van der Waals surface area contributed by atoms with Gasteiger partial charge < -0.3 is 20.5 Å². The quantitative estimate of drug-likeness (QED) is 0.818.